The first-order valence-corrected chi connectivity index (χ1v) is 14.5. The zero-order chi connectivity index (χ0) is 30.4. The van der Waals surface area contributed by atoms with Gasteiger partial charge < -0.3 is 4.84 Å². The number of hydrogen-bond donors (Lipinski definition) is 0. The molecule has 0 aliphatic rings. The van der Waals surface area contributed by atoms with Gasteiger partial charge in [-0.2, -0.15) is 0 Å². The minimum absolute atomic E-state index is 0.230. The second kappa shape index (κ2) is 13.4. The second-order valence-electron chi connectivity index (χ2n) is 9.71. The van der Waals surface area contributed by atoms with Crippen LogP contribution in [0, 0.1) is 0 Å². The fourth-order valence-corrected chi connectivity index (χ4v) is 5.75. The molecule has 0 aliphatic heterocycles. The molecule has 0 spiro atoms. The maximum atomic E-state index is 13.7. The molecule has 216 valence electrons. The molecular weight excluding hydrogens is 550 g/mol. The third-order valence-electron chi connectivity index (χ3n) is 6.81. The van der Waals surface area contributed by atoms with E-state index in [-0.39, 0.29) is 18.9 Å². The number of aryl methyl sites for hydroxylation is 1. The molecule has 42 heavy (non-hydrogen) atoms. The van der Waals surface area contributed by atoms with Crippen LogP contribution >= 0.6 is 11.3 Å². The number of thiophene rings is 1. The van der Waals surface area contributed by atoms with Gasteiger partial charge in [-0.25, -0.2) is 9.59 Å². The molecule has 0 fully saturated rings. The quantitative estimate of drug-likeness (QED) is 0.0763. The Bertz CT molecular complexity index is 1850. The largest absolute Gasteiger partial charge is 0.332 e. The van der Waals surface area contributed by atoms with Crippen LogP contribution in [0.5, 0.6) is 0 Å². The third kappa shape index (κ3) is 6.47. The number of rotatable bonds is 10. The lowest BCUT2D eigenvalue weighted by Gasteiger charge is -2.13. The Hall–Kier alpha value is -4.63. The number of Topliss-reactive ketones (excluding diaryl/α,β-unsaturated/α-hetero) is 1. The van der Waals surface area contributed by atoms with Gasteiger partial charge in [0.1, 0.15) is 4.83 Å². The normalized spacial score (nSPS) is 12.3. The maximum Gasteiger partial charge on any atom is 0.332 e. The number of carbonyl (C=O) groups is 2. The van der Waals surface area contributed by atoms with Gasteiger partial charge >= 0.3 is 11.7 Å². The van der Waals surface area contributed by atoms with Crippen LogP contribution in [0.15, 0.2) is 93.1 Å². The highest BCUT2D eigenvalue weighted by Crippen LogP contribution is 2.26. The Labute approximate surface area is 247 Å². The highest BCUT2D eigenvalue weighted by atomic mass is 32.1. The summed E-state index contributed by atoms with van der Waals surface area (Å²) in [6, 6.07) is 17.3. The fourth-order valence-electron chi connectivity index (χ4n) is 4.67. The van der Waals surface area contributed by atoms with Crippen molar-refractivity contribution in [3.63, 3.8) is 0 Å². The minimum atomic E-state index is -0.520. The molecule has 0 unspecified atom stereocenters. The smallest absolute Gasteiger partial charge is 0.318 e. The van der Waals surface area contributed by atoms with E-state index in [1.54, 1.807) is 43.6 Å². The van der Waals surface area contributed by atoms with Crippen LogP contribution < -0.4 is 11.2 Å². The van der Waals surface area contributed by atoms with Crippen molar-refractivity contribution in [1.82, 2.24) is 9.13 Å². The zero-order valence-corrected chi connectivity index (χ0v) is 25.2. The lowest BCUT2D eigenvalue weighted by Crippen LogP contribution is -2.41. The number of aromatic nitrogens is 2. The standard InChI is InChI=1S/C33H33N3O5S/c1-6-11-24(7-2)30(38)20-35-31(39)29-18-26(8-3)42-32(29)36(33(35)40)19-23-14-16-25(17-15-23)28-13-10-9-12-27(28)21(4)34-41-22(5)37/h6-7,9-18H,8,19-20H2,1-5H3/b11-6-,24-7+,34-21+. The summed E-state index contributed by atoms with van der Waals surface area (Å²) in [5.74, 6) is -0.796. The minimum Gasteiger partial charge on any atom is -0.318 e. The van der Waals surface area contributed by atoms with Crippen molar-refractivity contribution in [3.8, 4) is 11.1 Å². The molecule has 0 saturated carbocycles. The molecule has 8 nitrogen and oxygen atoms in total. The molecule has 2 heterocycles. The maximum absolute atomic E-state index is 13.7. The van der Waals surface area contributed by atoms with Crippen molar-refractivity contribution in [2.45, 2.75) is 54.1 Å². The molecule has 9 heteroatoms. The zero-order valence-electron chi connectivity index (χ0n) is 24.3. The molecule has 0 atom stereocenters. The molecule has 0 bridgehead atoms. The van der Waals surface area contributed by atoms with Crippen molar-refractivity contribution in [3.05, 3.63) is 115 Å². The molecule has 4 aromatic rings. The van der Waals surface area contributed by atoms with E-state index in [2.05, 4.69) is 5.16 Å². The first kappa shape index (κ1) is 30.3. The highest BCUT2D eigenvalue weighted by molar-refractivity contribution is 7.18. The summed E-state index contributed by atoms with van der Waals surface area (Å²) < 4.78 is 2.62. The number of benzene rings is 2. The predicted molar refractivity (Wildman–Crippen MR) is 168 cm³/mol. The SMILES string of the molecule is C/C=C\C(=C/C)C(=O)Cn1c(=O)c2cc(CC)sc2n(Cc2ccc(-c3ccccc3/C(C)=N/OC(C)=O)cc2)c1=O. The van der Waals surface area contributed by atoms with Gasteiger partial charge in [0.2, 0.25) is 0 Å². The van der Waals surface area contributed by atoms with E-state index in [0.717, 1.165) is 38.1 Å². The molecule has 0 saturated heterocycles. The second-order valence-corrected chi connectivity index (χ2v) is 10.8. The summed E-state index contributed by atoms with van der Waals surface area (Å²) in [7, 11) is 0. The Morgan fingerprint density at radius 1 is 1.00 bits per heavy atom. The summed E-state index contributed by atoms with van der Waals surface area (Å²) in [5.41, 5.74) is 3.55. The molecular formula is C33H33N3O5S. The van der Waals surface area contributed by atoms with E-state index in [9.17, 15) is 19.2 Å². The van der Waals surface area contributed by atoms with E-state index in [1.807, 2.05) is 61.5 Å². The van der Waals surface area contributed by atoms with E-state index in [4.69, 9.17) is 4.84 Å². The Morgan fingerprint density at radius 3 is 2.36 bits per heavy atom. The first-order chi connectivity index (χ1) is 20.2. The topological polar surface area (TPSA) is 99.7 Å². The third-order valence-corrected chi connectivity index (χ3v) is 8.11. The molecule has 0 aliphatic carbocycles. The van der Waals surface area contributed by atoms with Crippen molar-refractivity contribution < 1.29 is 14.4 Å². The van der Waals surface area contributed by atoms with Crippen LogP contribution in [0.3, 0.4) is 0 Å². The van der Waals surface area contributed by atoms with Gasteiger partial charge in [-0.15, -0.1) is 11.3 Å². The van der Waals surface area contributed by atoms with Gasteiger partial charge in [0.15, 0.2) is 5.78 Å². The van der Waals surface area contributed by atoms with Crippen LogP contribution in [-0.4, -0.2) is 26.6 Å². The summed E-state index contributed by atoms with van der Waals surface area (Å²) in [4.78, 5) is 57.7. The molecule has 4 rings (SSSR count). The number of fused-ring (bicyclic) bond motifs is 1. The average Bonchev–Trinajstić information content (AvgIpc) is 3.44. The van der Waals surface area contributed by atoms with Crippen LogP contribution in [0.25, 0.3) is 21.3 Å². The van der Waals surface area contributed by atoms with E-state index >= 15 is 0 Å². The lowest BCUT2D eigenvalue weighted by molar-refractivity contribution is -0.140. The summed E-state index contributed by atoms with van der Waals surface area (Å²) in [6.45, 7) is 8.53. The van der Waals surface area contributed by atoms with Crippen molar-refractivity contribution in [2.75, 3.05) is 0 Å². The van der Waals surface area contributed by atoms with Crippen molar-refractivity contribution >= 4 is 39.0 Å². The Morgan fingerprint density at radius 2 is 1.71 bits per heavy atom. The van der Waals surface area contributed by atoms with Crippen LogP contribution in [-0.2, 0) is 33.9 Å². The number of hydrogen-bond acceptors (Lipinski definition) is 7. The molecule has 0 N–H and O–H groups in total. The van der Waals surface area contributed by atoms with Crippen LogP contribution in [0.4, 0.5) is 0 Å². The average molecular weight is 584 g/mol. The first-order valence-electron chi connectivity index (χ1n) is 13.7. The monoisotopic (exact) mass is 583 g/mol. The molecule has 2 aromatic heterocycles. The van der Waals surface area contributed by atoms with Gasteiger partial charge in [0, 0.05) is 22.9 Å². The van der Waals surface area contributed by atoms with E-state index < -0.39 is 17.2 Å². The van der Waals surface area contributed by atoms with Gasteiger partial charge in [-0.1, -0.05) is 78.8 Å². The highest BCUT2D eigenvalue weighted by Gasteiger charge is 2.19. The van der Waals surface area contributed by atoms with Crippen molar-refractivity contribution in [2.24, 2.45) is 5.16 Å². The van der Waals surface area contributed by atoms with Gasteiger partial charge in [-0.05, 0) is 49.9 Å². The van der Waals surface area contributed by atoms with Gasteiger partial charge in [-0.3, -0.25) is 18.7 Å². The molecule has 0 radical (unpaired) electrons. The van der Waals surface area contributed by atoms with Gasteiger partial charge in [0.25, 0.3) is 5.56 Å². The Kier molecular flexibility index (Phi) is 9.64. The van der Waals surface area contributed by atoms with Gasteiger partial charge in [0.05, 0.1) is 24.2 Å². The summed E-state index contributed by atoms with van der Waals surface area (Å²) >= 11 is 1.42. The van der Waals surface area contributed by atoms with Crippen LogP contribution in [0.1, 0.15) is 50.6 Å². The molecule has 2 aromatic carbocycles. The number of oxime groups is 1. The molecule has 0 amide bonds. The number of nitrogens with zero attached hydrogens (tertiary/aromatic N) is 3. The van der Waals surface area contributed by atoms with Crippen LogP contribution in [0.2, 0.25) is 0 Å². The number of allylic oxidation sites excluding steroid dienone is 4. The summed E-state index contributed by atoms with van der Waals surface area (Å²) in [6.07, 6.45) is 5.82. The Balaban J connectivity index is 1.74. The van der Waals surface area contributed by atoms with Crippen molar-refractivity contribution in [1.29, 1.82) is 0 Å². The fraction of sp³-hybridized carbons (Fsp3) is 0.242. The number of carbonyl (C=O) groups excluding carboxylic acids is 2. The number of ketones is 1. The lowest BCUT2D eigenvalue weighted by atomic mass is 9.96. The predicted octanol–water partition coefficient (Wildman–Crippen LogP) is 5.88. The van der Waals surface area contributed by atoms with E-state index in [0.29, 0.717) is 21.5 Å². The van der Waals surface area contributed by atoms with E-state index in [1.165, 1.54) is 18.3 Å². The summed E-state index contributed by atoms with van der Waals surface area (Å²) in [5, 5.41) is 4.37.